The van der Waals surface area contributed by atoms with Gasteiger partial charge in [-0.2, -0.15) is 4.98 Å². The van der Waals surface area contributed by atoms with Crippen LogP contribution in [0.3, 0.4) is 0 Å². The molecule has 0 aliphatic carbocycles. The van der Waals surface area contributed by atoms with E-state index in [0.717, 1.165) is 9.77 Å². The first-order chi connectivity index (χ1) is 12.2. The molecule has 0 aliphatic heterocycles. The van der Waals surface area contributed by atoms with Crippen molar-refractivity contribution in [1.82, 2.24) is 15.0 Å². The van der Waals surface area contributed by atoms with E-state index in [1.54, 1.807) is 16.2 Å². The Kier molecular flexibility index (Phi) is 6.12. The predicted octanol–water partition coefficient (Wildman–Crippen LogP) is 4.59. The van der Waals surface area contributed by atoms with Crippen molar-refractivity contribution in [3.8, 4) is 10.7 Å². The average molecular weight is 394 g/mol. The molecule has 0 spiro atoms. The maximum absolute atomic E-state index is 12.4. The largest absolute Gasteiger partial charge is 0.337 e. The first kappa shape index (κ1) is 18.0. The Labute approximate surface area is 159 Å². The highest BCUT2D eigenvalue weighted by molar-refractivity contribution is 8.00. The van der Waals surface area contributed by atoms with Crippen LogP contribution in [0.15, 0.2) is 51.2 Å². The van der Waals surface area contributed by atoms with Crippen LogP contribution in [0.4, 0.5) is 0 Å². The van der Waals surface area contributed by atoms with Crippen LogP contribution in [-0.4, -0.2) is 33.2 Å². The van der Waals surface area contributed by atoms with Gasteiger partial charge in [-0.1, -0.05) is 22.8 Å². The maximum Gasteiger partial charge on any atom is 0.246 e. The Hall–Kier alpha value is -1.83. The topological polar surface area (TPSA) is 59.2 Å². The van der Waals surface area contributed by atoms with Crippen LogP contribution in [0.25, 0.3) is 10.7 Å². The minimum atomic E-state index is 0.0262. The molecular weight excluding hydrogens is 378 g/mol. The number of aromatic nitrogens is 2. The molecule has 2 heterocycles. The van der Waals surface area contributed by atoms with E-state index in [-0.39, 0.29) is 5.91 Å². The number of hydrogen-bond donors (Lipinski definition) is 0. The van der Waals surface area contributed by atoms with Crippen molar-refractivity contribution in [3.63, 3.8) is 0 Å². The Morgan fingerprint density at radius 3 is 2.80 bits per heavy atom. The summed E-state index contributed by atoms with van der Waals surface area (Å²) >= 11 is 8.90. The molecule has 1 amide bonds. The van der Waals surface area contributed by atoms with Crippen molar-refractivity contribution in [2.24, 2.45) is 0 Å². The van der Waals surface area contributed by atoms with Gasteiger partial charge in [-0.15, -0.1) is 23.1 Å². The van der Waals surface area contributed by atoms with Gasteiger partial charge in [0.15, 0.2) is 0 Å². The normalized spacial score (nSPS) is 10.8. The minimum Gasteiger partial charge on any atom is -0.337 e. The van der Waals surface area contributed by atoms with Crippen LogP contribution in [0, 0.1) is 0 Å². The van der Waals surface area contributed by atoms with Crippen LogP contribution in [0.5, 0.6) is 0 Å². The quantitative estimate of drug-likeness (QED) is 0.549. The number of nitrogens with zero attached hydrogens (tertiary/aromatic N) is 3. The highest BCUT2D eigenvalue weighted by atomic mass is 35.5. The van der Waals surface area contributed by atoms with Crippen LogP contribution >= 0.6 is 34.7 Å². The van der Waals surface area contributed by atoms with Crippen LogP contribution < -0.4 is 0 Å². The third-order valence-corrected chi connectivity index (χ3v) is 5.56. The van der Waals surface area contributed by atoms with E-state index in [9.17, 15) is 4.79 Å². The summed E-state index contributed by atoms with van der Waals surface area (Å²) in [4.78, 5) is 20.5. The molecule has 0 saturated heterocycles. The summed E-state index contributed by atoms with van der Waals surface area (Å²) in [6, 6.07) is 11.3. The predicted molar refractivity (Wildman–Crippen MR) is 101 cm³/mol. The Morgan fingerprint density at radius 1 is 1.32 bits per heavy atom. The first-order valence-electron chi connectivity index (χ1n) is 7.68. The van der Waals surface area contributed by atoms with Gasteiger partial charge in [0, 0.05) is 16.5 Å². The van der Waals surface area contributed by atoms with E-state index in [0.29, 0.717) is 35.6 Å². The number of halogens is 1. The summed E-state index contributed by atoms with van der Waals surface area (Å²) in [6.45, 7) is 2.83. The molecule has 25 heavy (non-hydrogen) atoms. The molecule has 0 fully saturated rings. The maximum atomic E-state index is 12.4. The van der Waals surface area contributed by atoms with E-state index >= 15 is 0 Å². The molecule has 0 N–H and O–H groups in total. The van der Waals surface area contributed by atoms with Crippen molar-refractivity contribution in [1.29, 1.82) is 0 Å². The second-order valence-electron chi connectivity index (χ2n) is 5.14. The lowest BCUT2D eigenvalue weighted by Crippen LogP contribution is -2.31. The molecule has 3 rings (SSSR count). The molecule has 3 aromatic rings. The monoisotopic (exact) mass is 393 g/mol. The lowest BCUT2D eigenvalue weighted by molar-refractivity contribution is -0.129. The summed E-state index contributed by atoms with van der Waals surface area (Å²) < 4.78 is 5.28. The van der Waals surface area contributed by atoms with Gasteiger partial charge in [-0.3, -0.25) is 4.79 Å². The van der Waals surface area contributed by atoms with Crippen molar-refractivity contribution < 1.29 is 9.32 Å². The number of amides is 1. The van der Waals surface area contributed by atoms with Gasteiger partial charge in [0.2, 0.25) is 17.6 Å². The molecule has 0 unspecified atom stereocenters. The van der Waals surface area contributed by atoms with Crippen LogP contribution in [-0.2, 0) is 11.3 Å². The second-order valence-corrected chi connectivity index (χ2v) is 7.57. The fourth-order valence-electron chi connectivity index (χ4n) is 2.13. The number of thiophene rings is 1. The fourth-order valence-corrected chi connectivity index (χ4v) is 3.71. The molecule has 0 bridgehead atoms. The van der Waals surface area contributed by atoms with Gasteiger partial charge >= 0.3 is 0 Å². The van der Waals surface area contributed by atoms with Gasteiger partial charge in [0.05, 0.1) is 17.2 Å². The van der Waals surface area contributed by atoms with Crippen molar-refractivity contribution >= 4 is 40.6 Å². The number of rotatable bonds is 7. The second kappa shape index (κ2) is 8.51. The molecule has 5 nitrogen and oxygen atoms in total. The Balaban J connectivity index is 1.58. The zero-order valence-electron chi connectivity index (χ0n) is 13.5. The van der Waals surface area contributed by atoms with E-state index in [2.05, 4.69) is 10.1 Å². The van der Waals surface area contributed by atoms with E-state index < -0.39 is 0 Å². The molecule has 0 atom stereocenters. The number of thioether (sulfide) groups is 1. The average Bonchev–Trinajstić information content (AvgIpc) is 3.30. The van der Waals surface area contributed by atoms with Gasteiger partial charge in [-0.25, -0.2) is 0 Å². The highest BCUT2D eigenvalue weighted by Crippen LogP contribution is 2.23. The fraction of sp³-hybridized carbons (Fsp3) is 0.235. The lowest BCUT2D eigenvalue weighted by Gasteiger charge is -2.18. The van der Waals surface area contributed by atoms with Crippen LogP contribution in [0.2, 0.25) is 5.02 Å². The summed E-state index contributed by atoms with van der Waals surface area (Å²) in [5, 5.41) is 6.62. The first-order valence-corrected chi connectivity index (χ1v) is 9.92. The summed E-state index contributed by atoms with van der Waals surface area (Å²) in [7, 11) is 0. The molecule has 1 aromatic carbocycles. The third-order valence-electron chi connectivity index (χ3n) is 3.45. The third kappa shape index (κ3) is 4.84. The van der Waals surface area contributed by atoms with E-state index in [4.69, 9.17) is 16.1 Å². The van der Waals surface area contributed by atoms with E-state index in [1.807, 2.05) is 48.7 Å². The Bertz CT molecular complexity index is 819. The van der Waals surface area contributed by atoms with Crippen molar-refractivity contribution in [2.75, 3.05) is 12.3 Å². The minimum absolute atomic E-state index is 0.0262. The smallest absolute Gasteiger partial charge is 0.246 e. The zero-order chi connectivity index (χ0) is 17.6. The van der Waals surface area contributed by atoms with Gasteiger partial charge in [0.25, 0.3) is 0 Å². The molecule has 2 aromatic heterocycles. The molecular formula is C17H16ClN3O2S2. The number of hydrogen-bond acceptors (Lipinski definition) is 6. The van der Waals surface area contributed by atoms with Crippen molar-refractivity contribution in [3.05, 3.63) is 52.7 Å². The summed E-state index contributed by atoms with van der Waals surface area (Å²) in [5.41, 5.74) is 0. The molecule has 0 aliphatic rings. The van der Waals surface area contributed by atoms with Gasteiger partial charge in [-0.05, 0) is 42.6 Å². The Morgan fingerprint density at radius 2 is 2.12 bits per heavy atom. The SMILES string of the molecule is CCN(Cc1nc(-c2cccs2)no1)C(=O)CSc1ccc(Cl)cc1. The summed E-state index contributed by atoms with van der Waals surface area (Å²) in [5.74, 6) is 1.37. The molecule has 130 valence electrons. The molecule has 8 heteroatoms. The highest BCUT2D eigenvalue weighted by Gasteiger charge is 2.17. The standard InChI is InChI=1S/C17H16ClN3O2S2/c1-2-21(16(22)11-25-13-7-5-12(18)6-8-13)10-15-19-17(20-23-15)14-4-3-9-24-14/h3-9H,2,10-11H2,1H3. The number of carbonyl (C=O) groups is 1. The van der Waals surface area contributed by atoms with Crippen molar-refractivity contribution in [2.45, 2.75) is 18.4 Å². The van der Waals surface area contributed by atoms with Gasteiger partial charge in [0.1, 0.15) is 0 Å². The molecule has 0 radical (unpaired) electrons. The number of carbonyl (C=O) groups excluding carboxylic acids is 1. The van der Waals surface area contributed by atoms with E-state index in [1.165, 1.54) is 11.8 Å². The lowest BCUT2D eigenvalue weighted by atomic mass is 10.4. The number of benzene rings is 1. The summed E-state index contributed by atoms with van der Waals surface area (Å²) in [6.07, 6.45) is 0. The molecule has 0 saturated carbocycles. The van der Waals surface area contributed by atoms with Crippen LogP contribution in [0.1, 0.15) is 12.8 Å². The van der Waals surface area contributed by atoms with Gasteiger partial charge < -0.3 is 9.42 Å². The zero-order valence-corrected chi connectivity index (χ0v) is 15.9.